The second kappa shape index (κ2) is 8.42. The topological polar surface area (TPSA) is 72.7 Å². The maximum absolute atomic E-state index is 12.9. The first-order valence-electron chi connectivity index (χ1n) is 8.30. The molecule has 0 saturated carbocycles. The van der Waals surface area contributed by atoms with Crippen LogP contribution in [0, 0.1) is 0 Å². The molecule has 1 amide bonds. The molecule has 0 fully saturated rings. The summed E-state index contributed by atoms with van der Waals surface area (Å²) < 4.78 is 40.6. The fraction of sp³-hybridized carbons (Fsp3) is 0.222. The number of amides is 1. The zero-order chi connectivity index (χ0) is 21.2. The average molecular weight is 442 g/mol. The van der Waals surface area contributed by atoms with E-state index in [1.54, 1.807) is 29.1 Å². The minimum Gasteiger partial charge on any atom is -0.321 e. The lowest BCUT2D eigenvalue weighted by molar-refractivity contribution is -0.137. The van der Waals surface area contributed by atoms with Gasteiger partial charge in [-0.2, -0.15) is 13.2 Å². The van der Waals surface area contributed by atoms with E-state index in [1.165, 1.54) is 11.8 Å². The standard InChI is InChI=1S/C18H15ClF3N5OS/c1-10(29-17-26-23-9-27(17)2)11-4-3-5-13(6-11)24-16(28)14-7-12(18(20,21)22)8-15(19)25-14/h3-10H,1-2H3,(H,24,28)/t10-/m0/s1. The molecule has 0 aliphatic heterocycles. The third kappa shape index (κ3) is 5.27. The van der Waals surface area contributed by atoms with Gasteiger partial charge in [-0.05, 0) is 36.8 Å². The molecular weight excluding hydrogens is 427 g/mol. The van der Waals surface area contributed by atoms with E-state index in [4.69, 9.17) is 11.6 Å². The predicted molar refractivity (Wildman–Crippen MR) is 104 cm³/mol. The number of aromatic nitrogens is 4. The van der Waals surface area contributed by atoms with Crippen molar-refractivity contribution in [1.82, 2.24) is 19.7 Å². The Balaban J connectivity index is 1.77. The Hall–Kier alpha value is -2.59. The highest BCUT2D eigenvalue weighted by molar-refractivity contribution is 7.99. The number of nitrogens with zero attached hydrogens (tertiary/aromatic N) is 4. The average Bonchev–Trinajstić information content (AvgIpc) is 3.05. The quantitative estimate of drug-likeness (QED) is 0.446. The van der Waals surface area contributed by atoms with Crippen LogP contribution in [0.1, 0.15) is 33.8 Å². The fourth-order valence-corrected chi connectivity index (χ4v) is 3.56. The predicted octanol–water partition coefficient (Wildman–Crippen LogP) is 4.99. The minimum atomic E-state index is -4.63. The van der Waals surface area contributed by atoms with Crippen molar-refractivity contribution in [2.75, 3.05) is 5.32 Å². The summed E-state index contributed by atoms with van der Waals surface area (Å²) in [5, 5.41) is 10.7. The molecule has 1 aromatic carbocycles. The Kier molecular flexibility index (Phi) is 6.13. The lowest BCUT2D eigenvalue weighted by atomic mass is 10.1. The highest BCUT2D eigenvalue weighted by atomic mass is 35.5. The monoisotopic (exact) mass is 441 g/mol. The lowest BCUT2D eigenvalue weighted by Crippen LogP contribution is -2.16. The number of pyridine rings is 1. The number of alkyl halides is 3. The number of rotatable bonds is 5. The van der Waals surface area contributed by atoms with Gasteiger partial charge in [-0.25, -0.2) is 4.98 Å². The molecule has 152 valence electrons. The van der Waals surface area contributed by atoms with Gasteiger partial charge in [-0.3, -0.25) is 4.79 Å². The van der Waals surface area contributed by atoms with Crippen LogP contribution in [-0.4, -0.2) is 25.7 Å². The maximum atomic E-state index is 12.9. The number of hydrogen-bond acceptors (Lipinski definition) is 5. The highest BCUT2D eigenvalue weighted by Crippen LogP contribution is 2.34. The van der Waals surface area contributed by atoms with Crippen LogP contribution < -0.4 is 5.32 Å². The summed E-state index contributed by atoms with van der Waals surface area (Å²) in [5.41, 5.74) is -0.138. The van der Waals surface area contributed by atoms with Crippen molar-refractivity contribution in [3.8, 4) is 0 Å². The van der Waals surface area contributed by atoms with Crippen LogP contribution in [0.4, 0.5) is 18.9 Å². The Bertz CT molecular complexity index is 1040. The van der Waals surface area contributed by atoms with E-state index in [1.807, 2.05) is 20.0 Å². The first-order valence-corrected chi connectivity index (χ1v) is 9.56. The molecule has 0 aliphatic carbocycles. The second-order valence-electron chi connectivity index (χ2n) is 6.13. The Labute approximate surface area is 173 Å². The van der Waals surface area contributed by atoms with Gasteiger partial charge in [-0.1, -0.05) is 35.5 Å². The van der Waals surface area contributed by atoms with Crippen LogP contribution in [-0.2, 0) is 13.2 Å². The largest absolute Gasteiger partial charge is 0.416 e. The van der Waals surface area contributed by atoms with Gasteiger partial charge < -0.3 is 9.88 Å². The first kappa shape index (κ1) is 21.1. The van der Waals surface area contributed by atoms with E-state index in [-0.39, 0.29) is 5.25 Å². The fourth-order valence-electron chi connectivity index (χ4n) is 2.45. The molecule has 1 N–H and O–H groups in total. The first-order chi connectivity index (χ1) is 13.6. The summed E-state index contributed by atoms with van der Waals surface area (Å²) in [4.78, 5) is 16.1. The van der Waals surface area contributed by atoms with E-state index < -0.39 is 28.5 Å². The van der Waals surface area contributed by atoms with Gasteiger partial charge in [0.25, 0.3) is 5.91 Å². The van der Waals surface area contributed by atoms with E-state index in [0.717, 1.165) is 10.7 Å². The molecule has 3 aromatic rings. The normalized spacial score (nSPS) is 12.6. The van der Waals surface area contributed by atoms with Crippen LogP contribution in [0.3, 0.4) is 0 Å². The molecule has 3 rings (SSSR count). The zero-order valence-electron chi connectivity index (χ0n) is 15.2. The number of carbonyl (C=O) groups is 1. The Morgan fingerprint density at radius 1 is 1.28 bits per heavy atom. The van der Waals surface area contributed by atoms with Gasteiger partial charge in [0, 0.05) is 18.0 Å². The summed E-state index contributed by atoms with van der Waals surface area (Å²) in [6.45, 7) is 1.97. The van der Waals surface area contributed by atoms with Crippen LogP contribution in [0.15, 0.2) is 47.9 Å². The van der Waals surface area contributed by atoms with Crippen molar-refractivity contribution >= 4 is 35.0 Å². The summed E-state index contributed by atoms with van der Waals surface area (Å²) >= 11 is 7.13. The molecule has 29 heavy (non-hydrogen) atoms. The van der Waals surface area contributed by atoms with Gasteiger partial charge >= 0.3 is 6.18 Å². The van der Waals surface area contributed by atoms with Crippen molar-refractivity contribution in [1.29, 1.82) is 0 Å². The van der Waals surface area contributed by atoms with Crippen molar-refractivity contribution < 1.29 is 18.0 Å². The second-order valence-corrected chi connectivity index (χ2v) is 7.82. The van der Waals surface area contributed by atoms with E-state index in [9.17, 15) is 18.0 Å². The molecule has 0 aliphatic rings. The molecule has 0 unspecified atom stereocenters. The molecule has 1 atom stereocenters. The molecule has 0 spiro atoms. The third-order valence-corrected chi connectivity index (χ3v) is 5.32. The molecule has 0 radical (unpaired) electrons. The number of benzene rings is 1. The Morgan fingerprint density at radius 3 is 2.69 bits per heavy atom. The summed E-state index contributed by atoms with van der Waals surface area (Å²) in [5.74, 6) is -0.788. The number of anilines is 1. The van der Waals surface area contributed by atoms with Gasteiger partial charge in [-0.15, -0.1) is 10.2 Å². The zero-order valence-corrected chi connectivity index (χ0v) is 16.8. The molecule has 2 aromatic heterocycles. The summed E-state index contributed by atoms with van der Waals surface area (Å²) in [6.07, 6.45) is -3.03. The van der Waals surface area contributed by atoms with Crippen LogP contribution in [0.25, 0.3) is 0 Å². The Morgan fingerprint density at radius 2 is 2.03 bits per heavy atom. The maximum Gasteiger partial charge on any atom is 0.416 e. The van der Waals surface area contributed by atoms with Crippen molar-refractivity contribution in [2.45, 2.75) is 23.5 Å². The SMILES string of the molecule is C[C@H](Sc1nncn1C)c1cccc(NC(=O)c2cc(C(F)(F)F)cc(Cl)n2)c1. The number of nitrogens with one attached hydrogen (secondary N) is 1. The van der Waals surface area contributed by atoms with Crippen LogP contribution >= 0.6 is 23.4 Å². The van der Waals surface area contributed by atoms with Gasteiger partial charge in [0.05, 0.1) is 5.56 Å². The van der Waals surface area contributed by atoms with E-state index in [0.29, 0.717) is 17.8 Å². The molecule has 0 saturated heterocycles. The highest BCUT2D eigenvalue weighted by Gasteiger charge is 2.32. The summed E-state index contributed by atoms with van der Waals surface area (Å²) in [7, 11) is 1.83. The van der Waals surface area contributed by atoms with E-state index in [2.05, 4.69) is 20.5 Å². The van der Waals surface area contributed by atoms with Crippen LogP contribution in [0.2, 0.25) is 5.15 Å². The molecule has 11 heteroatoms. The molecule has 2 heterocycles. The number of aryl methyl sites for hydroxylation is 1. The number of halogens is 4. The van der Waals surface area contributed by atoms with Crippen LogP contribution in [0.5, 0.6) is 0 Å². The molecular formula is C18H15ClF3N5OS. The molecule has 0 bridgehead atoms. The van der Waals surface area contributed by atoms with E-state index >= 15 is 0 Å². The molecule has 6 nitrogen and oxygen atoms in total. The van der Waals surface area contributed by atoms with Crippen molar-refractivity contribution in [3.05, 3.63) is 64.7 Å². The number of thioether (sulfide) groups is 1. The van der Waals surface area contributed by atoms with Crippen molar-refractivity contribution in [2.24, 2.45) is 7.05 Å². The number of carbonyl (C=O) groups excluding carboxylic acids is 1. The van der Waals surface area contributed by atoms with Gasteiger partial charge in [0.15, 0.2) is 5.16 Å². The van der Waals surface area contributed by atoms with Gasteiger partial charge in [0.2, 0.25) is 0 Å². The van der Waals surface area contributed by atoms with Crippen molar-refractivity contribution in [3.63, 3.8) is 0 Å². The smallest absolute Gasteiger partial charge is 0.321 e. The third-order valence-electron chi connectivity index (χ3n) is 3.92. The lowest BCUT2D eigenvalue weighted by Gasteiger charge is -2.13. The summed E-state index contributed by atoms with van der Waals surface area (Å²) in [6, 6.07) is 8.33. The van der Waals surface area contributed by atoms with Gasteiger partial charge in [0.1, 0.15) is 17.2 Å². The number of hydrogen-bond donors (Lipinski definition) is 1. The minimum absolute atomic E-state index is 0.00382.